The summed E-state index contributed by atoms with van der Waals surface area (Å²) in [6.45, 7) is 1.93. The lowest BCUT2D eigenvalue weighted by molar-refractivity contribution is 0.0976. The van der Waals surface area contributed by atoms with Crippen LogP contribution in [0.3, 0.4) is 0 Å². The molecule has 1 aliphatic rings. The SMILES string of the molecule is CCc1nn(C)c(C(=O)N2c3ccccc3C=CC2C#N)c1Cl. The van der Waals surface area contributed by atoms with Crippen molar-refractivity contribution in [3.63, 3.8) is 0 Å². The van der Waals surface area contributed by atoms with E-state index in [1.165, 1.54) is 9.58 Å². The fraction of sp³-hybridized carbons (Fsp3) is 0.235. The maximum absolute atomic E-state index is 13.1. The van der Waals surface area contributed by atoms with Gasteiger partial charge in [-0.05, 0) is 24.1 Å². The second kappa shape index (κ2) is 5.90. The van der Waals surface area contributed by atoms with E-state index < -0.39 is 6.04 Å². The Bertz CT molecular complexity index is 847. The van der Waals surface area contributed by atoms with Crippen molar-refractivity contribution in [2.75, 3.05) is 4.90 Å². The second-order valence-corrected chi connectivity index (χ2v) is 5.63. The first-order valence-electron chi connectivity index (χ1n) is 7.30. The van der Waals surface area contributed by atoms with Crippen LogP contribution in [0.5, 0.6) is 0 Å². The number of carbonyl (C=O) groups is 1. The number of aromatic nitrogens is 2. The lowest BCUT2D eigenvalue weighted by Crippen LogP contribution is -2.41. The highest BCUT2D eigenvalue weighted by atomic mass is 35.5. The highest BCUT2D eigenvalue weighted by molar-refractivity contribution is 6.35. The summed E-state index contributed by atoms with van der Waals surface area (Å²) in [4.78, 5) is 14.6. The lowest BCUT2D eigenvalue weighted by atomic mass is 10.0. The van der Waals surface area contributed by atoms with E-state index in [-0.39, 0.29) is 5.91 Å². The normalized spacial score (nSPS) is 16.1. The Labute approximate surface area is 139 Å². The van der Waals surface area contributed by atoms with Crippen LogP contribution < -0.4 is 4.90 Å². The van der Waals surface area contributed by atoms with Gasteiger partial charge < -0.3 is 0 Å². The molecule has 1 amide bonds. The molecular weight excluding hydrogens is 312 g/mol. The van der Waals surface area contributed by atoms with E-state index in [2.05, 4.69) is 11.2 Å². The van der Waals surface area contributed by atoms with E-state index in [0.29, 0.717) is 28.5 Å². The quantitative estimate of drug-likeness (QED) is 0.851. The molecule has 0 aliphatic carbocycles. The zero-order valence-electron chi connectivity index (χ0n) is 12.8. The Balaban J connectivity index is 2.13. The summed E-state index contributed by atoms with van der Waals surface area (Å²) >= 11 is 6.33. The van der Waals surface area contributed by atoms with Gasteiger partial charge in [0.1, 0.15) is 11.7 Å². The van der Waals surface area contributed by atoms with Gasteiger partial charge in [-0.3, -0.25) is 14.4 Å². The Morgan fingerprint density at radius 1 is 1.43 bits per heavy atom. The lowest BCUT2D eigenvalue weighted by Gasteiger charge is -2.30. The van der Waals surface area contributed by atoms with Gasteiger partial charge in [0.25, 0.3) is 5.91 Å². The third kappa shape index (κ3) is 2.41. The van der Waals surface area contributed by atoms with E-state index in [4.69, 9.17) is 11.6 Å². The molecule has 23 heavy (non-hydrogen) atoms. The molecule has 1 aromatic heterocycles. The summed E-state index contributed by atoms with van der Waals surface area (Å²) in [5.74, 6) is -0.326. The minimum absolute atomic E-state index is 0.300. The van der Waals surface area contributed by atoms with Crippen molar-refractivity contribution in [3.05, 3.63) is 52.3 Å². The molecule has 116 valence electrons. The second-order valence-electron chi connectivity index (χ2n) is 5.25. The number of carbonyl (C=O) groups excluding carboxylic acids is 1. The predicted octanol–water partition coefficient (Wildman–Crippen LogP) is 3.20. The number of para-hydroxylation sites is 1. The Kier molecular flexibility index (Phi) is 3.93. The Hall–Kier alpha value is -2.58. The molecular formula is C17H15ClN4O. The maximum Gasteiger partial charge on any atom is 0.279 e. The number of hydrogen-bond acceptors (Lipinski definition) is 3. The van der Waals surface area contributed by atoms with Crippen molar-refractivity contribution >= 4 is 29.3 Å². The third-order valence-corrected chi connectivity index (χ3v) is 4.27. The van der Waals surface area contributed by atoms with Gasteiger partial charge in [0.05, 0.1) is 22.5 Å². The zero-order valence-corrected chi connectivity index (χ0v) is 13.6. The van der Waals surface area contributed by atoms with Crippen LogP contribution in [0.1, 0.15) is 28.7 Å². The number of aryl methyl sites for hydroxylation is 2. The molecule has 1 atom stereocenters. The van der Waals surface area contributed by atoms with E-state index in [9.17, 15) is 10.1 Å². The van der Waals surface area contributed by atoms with Gasteiger partial charge in [-0.2, -0.15) is 10.4 Å². The maximum atomic E-state index is 13.1. The highest BCUT2D eigenvalue weighted by Crippen LogP contribution is 2.32. The number of nitrogens with zero attached hydrogens (tertiary/aromatic N) is 4. The number of benzene rings is 1. The van der Waals surface area contributed by atoms with Crippen molar-refractivity contribution in [2.24, 2.45) is 7.05 Å². The Morgan fingerprint density at radius 3 is 2.83 bits per heavy atom. The van der Waals surface area contributed by atoms with Gasteiger partial charge in [0, 0.05) is 7.05 Å². The van der Waals surface area contributed by atoms with Gasteiger partial charge in [0.15, 0.2) is 0 Å². The molecule has 2 aromatic rings. The molecule has 1 aromatic carbocycles. The van der Waals surface area contributed by atoms with Crippen molar-refractivity contribution in [2.45, 2.75) is 19.4 Å². The fourth-order valence-electron chi connectivity index (χ4n) is 2.74. The van der Waals surface area contributed by atoms with Crippen LogP contribution in [0.4, 0.5) is 5.69 Å². The summed E-state index contributed by atoms with van der Waals surface area (Å²) in [5, 5.41) is 14.1. The van der Waals surface area contributed by atoms with Crippen LogP contribution in [-0.2, 0) is 13.5 Å². The van der Waals surface area contributed by atoms with Crippen molar-refractivity contribution in [3.8, 4) is 6.07 Å². The average Bonchev–Trinajstić information content (AvgIpc) is 2.87. The minimum Gasteiger partial charge on any atom is -0.286 e. The van der Waals surface area contributed by atoms with Crippen LogP contribution in [0.2, 0.25) is 5.02 Å². The highest BCUT2D eigenvalue weighted by Gasteiger charge is 2.32. The van der Waals surface area contributed by atoms with Crippen LogP contribution in [-0.4, -0.2) is 21.7 Å². The van der Waals surface area contributed by atoms with E-state index >= 15 is 0 Å². The number of fused-ring (bicyclic) bond motifs is 1. The molecule has 0 radical (unpaired) electrons. The first-order chi connectivity index (χ1) is 11.1. The standard InChI is InChI=1S/C17H15ClN4O/c1-3-13-15(18)16(21(2)20-13)17(23)22-12(10-19)9-8-11-6-4-5-7-14(11)22/h4-9,12H,3H2,1-2H3. The molecule has 5 nitrogen and oxygen atoms in total. The predicted molar refractivity (Wildman–Crippen MR) is 89.3 cm³/mol. The zero-order chi connectivity index (χ0) is 16.6. The van der Waals surface area contributed by atoms with Gasteiger partial charge in [-0.25, -0.2) is 0 Å². The summed E-state index contributed by atoms with van der Waals surface area (Å²) in [6.07, 6.45) is 4.21. The first-order valence-corrected chi connectivity index (χ1v) is 7.68. The third-order valence-electron chi connectivity index (χ3n) is 3.88. The average molecular weight is 327 g/mol. The number of nitriles is 1. The Morgan fingerprint density at radius 2 is 2.17 bits per heavy atom. The van der Waals surface area contributed by atoms with Crippen LogP contribution in [0.25, 0.3) is 6.08 Å². The topological polar surface area (TPSA) is 61.9 Å². The molecule has 0 fully saturated rings. The number of hydrogen-bond donors (Lipinski definition) is 0. The smallest absolute Gasteiger partial charge is 0.279 e. The van der Waals surface area contributed by atoms with Gasteiger partial charge in [0.2, 0.25) is 0 Å². The molecule has 2 heterocycles. The van der Waals surface area contributed by atoms with Gasteiger partial charge in [-0.1, -0.05) is 42.8 Å². The van der Waals surface area contributed by atoms with Crippen LogP contribution in [0, 0.1) is 11.3 Å². The molecule has 6 heteroatoms. The molecule has 0 saturated heterocycles. The van der Waals surface area contributed by atoms with Crippen molar-refractivity contribution < 1.29 is 4.79 Å². The van der Waals surface area contributed by atoms with Gasteiger partial charge in [-0.15, -0.1) is 0 Å². The van der Waals surface area contributed by atoms with Gasteiger partial charge >= 0.3 is 0 Å². The van der Waals surface area contributed by atoms with E-state index in [1.807, 2.05) is 37.3 Å². The molecule has 0 bridgehead atoms. The number of amides is 1. The van der Waals surface area contributed by atoms with E-state index in [0.717, 1.165) is 5.56 Å². The molecule has 1 aliphatic heterocycles. The van der Waals surface area contributed by atoms with Crippen molar-refractivity contribution in [1.82, 2.24) is 9.78 Å². The number of rotatable bonds is 2. The minimum atomic E-state index is -0.673. The summed E-state index contributed by atoms with van der Waals surface area (Å²) in [6, 6.07) is 8.94. The number of anilines is 1. The van der Waals surface area contributed by atoms with Crippen LogP contribution in [0.15, 0.2) is 30.3 Å². The molecule has 3 rings (SSSR count). The molecule has 1 unspecified atom stereocenters. The summed E-state index contributed by atoms with van der Waals surface area (Å²) in [7, 11) is 1.69. The largest absolute Gasteiger partial charge is 0.286 e. The van der Waals surface area contributed by atoms with Crippen LogP contribution >= 0.6 is 11.6 Å². The number of halogens is 1. The first kappa shape index (κ1) is 15.3. The van der Waals surface area contributed by atoms with E-state index in [1.54, 1.807) is 13.1 Å². The molecule has 0 saturated carbocycles. The monoisotopic (exact) mass is 326 g/mol. The van der Waals surface area contributed by atoms with Crippen molar-refractivity contribution in [1.29, 1.82) is 5.26 Å². The summed E-state index contributed by atoms with van der Waals surface area (Å²) < 4.78 is 1.48. The summed E-state index contributed by atoms with van der Waals surface area (Å²) in [5.41, 5.74) is 2.56. The molecule has 0 N–H and O–H groups in total. The molecule has 0 spiro atoms. The fourth-order valence-corrected chi connectivity index (χ4v) is 3.12.